The molecule has 0 heterocycles. The molecule has 1 fully saturated rings. The molecular weight excluding hydrogens is 226 g/mol. The number of ether oxygens (including phenoxy) is 1. The van der Waals surface area contributed by atoms with Crippen molar-refractivity contribution in [3.63, 3.8) is 0 Å². The van der Waals surface area contributed by atoms with Crippen molar-refractivity contribution in [3.05, 3.63) is 0 Å². The minimum Gasteiger partial charge on any atom is -0.464 e. The first-order valence-electron chi connectivity index (χ1n) is 7.44. The van der Waals surface area contributed by atoms with Crippen molar-refractivity contribution >= 4 is 5.97 Å². The van der Waals surface area contributed by atoms with Crippen molar-refractivity contribution in [2.24, 2.45) is 5.92 Å². The standard InChI is InChI=1S/C15H29NO2/c1-4-10-16-15(2,3)12-18-14(17)11-13-8-6-5-7-9-13/h13,16H,4-12H2,1-3H3. The van der Waals surface area contributed by atoms with Gasteiger partial charge in [0.15, 0.2) is 0 Å². The maximum Gasteiger partial charge on any atom is 0.306 e. The molecule has 18 heavy (non-hydrogen) atoms. The molecule has 0 amide bonds. The first-order valence-corrected chi connectivity index (χ1v) is 7.44. The van der Waals surface area contributed by atoms with E-state index >= 15 is 0 Å². The molecule has 0 spiro atoms. The Kier molecular flexibility index (Phi) is 6.69. The fourth-order valence-electron chi connectivity index (χ4n) is 2.46. The van der Waals surface area contributed by atoms with Gasteiger partial charge < -0.3 is 10.1 Å². The Morgan fingerprint density at radius 3 is 2.56 bits per heavy atom. The van der Waals surface area contributed by atoms with Gasteiger partial charge in [-0.3, -0.25) is 4.79 Å². The average molecular weight is 255 g/mol. The van der Waals surface area contributed by atoms with E-state index in [9.17, 15) is 4.79 Å². The molecule has 0 bridgehead atoms. The van der Waals surface area contributed by atoms with E-state index in [4.69, 9.17) is 4.74 Å². The Morgan fingerprint density at radius 2 is 1.94 bits per heavy atom. The van der Waals surface area contributed by atoms with Gasteiger partial charge in [-0.05, 0) is 45.6 Å². The van der Waals surface area contributed by atoms with Crippen LogP contribution in [0.3, 0.4) is 0 Å². The van der Waals surface area contributed by atoms with Crippen LogP contribution in [-0.4, -0.2) is 24.7 Å². The van der Waals surface area contributed by atoms with E-state index in [0.29, 0.717) is 18.9 Å². The van der Waals surface area contributed by atoms with Crippen LogP contribution in [0.1, 0.15) is 65.7 Å². The zero-order chi connectivity index (χ0) is 13.4. The Hall–Kier alpha value is -0.570. The minimum atomic E-state index is -0.113. The fourth-order valence-corrected chi connectivity index (χ4v) is 2.46. The third-order valence-electron chi connectivity index (χ3n) is 3.63. The molecule has 0 aromatic rings. The Labute approximate surface area is 112 Å². The second kappa shape index (κ2) is 7.78. The summed E-state index contributed by atoms with van der Waals surface area (Å²) in [6.45, 7) is 7.73. The monoisotopic (exact) mass is 255 g/mol. The summed E-state index contributed by atoms with van der Waals surface area (Å²) in [6.07, 6.45) is 8.00. The van der Waals surface area contributed by atoms with Crippen LogP contribution in [0.5, 0.6) is 0 Å². The highest BCUT2D eigenvalue weighted by atomic mass is 16.5. The molecule has 1 N–H and O–H groups in total. The van der Waals surface area contributed by atoms with Gasteiger partial charge in [-0.15, -0.1) is 0 Å². The van der Waals surface area contributed by atoms with Crippen molar-refractivity contribution in [2.75, 3.05) is 13.2 Å². The lowest BCUT2D eigenvalue weighted by molar-refractivity contribution is -0.147. The van der Waals surface area contributed by atoms with Gasteiger partial charge >= 0.3 is 5.97 Å². The number of rotatable bonds is 7. The van der Waals surface area contributed by atoms with Gasteiger partial charge in [0.25, 0.3) is 0 Å². The first-order chi connectivity index (χ1) is 8.53. The Balaban J connectivity index is 2.19. The number of carbonyl (C=O) groups is 1. The number of hydrogen-bond acceptors (Lipinski definition) is 3. The Morgan fingerprint density at radius 1 is 1.28 bits per heavy atom. The van der Waals surface area contributed by atoms with E-state index in [1.807, 2.05) is 0 Å². The SMILES string of the molecule is CCCNC(C)(C)COC(=O)CC1CCCCC1. The molecular formula is C15H29NO2. The van der Waals surface area contributed by atoms with Gasteiger partial charge in [-0.2, -0.15) is 0 Å². The summed E-state index contributed by atoms with van der Waals surface area (Å²) in [5.74, 6) is 0.547. The second-order valence-corrected chi connectivity index (χ2v) is 6.18. The lowest BCUT2D eigenvalue weighted by Gasteiger charge is -2.26. The number of hydrogen-bond donors (Lipinski definition) is 1. The van der Waals surface area contributed by atoms with Crippen molar-refractivity contribution in [3.8, 4) is 0 Å². The van der Waals surface area contributed by atoms with Crippen LogP contribution in [0, 0.1) is 5.92 Å². The van der Waals surface area contributed by atoms with Gasteiger partial charge in [-0.1, -0.05) is 26.2 Å². The van der Waals surface area contributed by atoms with E-state index in [-0.39, 0.29) is 11.5 Å². The summed E-state index contributed by atoms with van der Waals surface area (Å²) < 4.78 is 5.41. The van der Waals surface area contributed by atoms with E-state index < -0.39 is 0 Å². The van der Waals surface area contributed by atoms with Crippen molar-refractivity contribution in [2.45, 2.75) is 71.3 Å². The van der Waals surface area contributed by atoms with Crippen molar-refractivity contribution in [1.82, 2.24) is 5.32 Å². The maximum atomic E-state index is 11.8. The highest BCUT2D eigenvalue weighted by molar-refractivity contribution is 5.69. The highest BCUT2D eigenvalue weighted by Gasteiger charge is 2.21. The molecule has 1 aliphatic carbocycles. The lowest BCUT2D eigenvalue weighted by Crippen LogP contribution is -2.44. The third kappa shape index (κ3) is 6.39. The Bertz CT molecular complexity index is 245. The highest BCUT2D eigenvalue weighted by Crippen LogP contribution is 2.26. The second-order valence-electron chi connectivity index (χ2n) is 6.18. The van der Waals surface area contributed by atoms with Gasteiger partial charge in [0, 0.05) is 12.0 Å². The summed E-state index contributed by atoms with van der Waals surface area (Å²) in [4.78, 5) is 11.8. The fraction of sp³-hybridized carbons (Fsp3) is 0.933. The molecule has 0 saturated heterocycles. The predicted octanol–water partition coefficient (Wildman–Crippen LogP) is 3.28. The molecule has 0 atom stereocenters. The molecule has 0 radical (unpaired) electrons. The largest absolute Gasteiger partial charge is 0.464 e. The summed E-state index contributed by atoms with van der Waals surface area (Å²) >= 11 is 0. The molecule has 1 aliphatic rings. The van der Waals surface area contributed by atoms with Crippen LogP contribution in [0.2, 0.25) is 0 Å². The van der Waals surface area contributed by atoms with Crippen LogP contribution in [0.15, 0.2) is 0 Å². The molecule has 0 aliphatic heterocycles. The lowest BCUT2D eigenvalue weighted by atomic mass is 9.87. The molecule has 0 unspecified atom stereocenters. The minimum absolute atomic E-state index is 0.0201. The van der Waals surface area contributed by atoms with Crippen LogP contribution >= 0.6 is 0 Å². The smallest absolute Gasteiger partial charge is 0.306 e. The normalized spacial score (nSPS) is 17.7. The molecule has 0 aromatic heterocycles. The van der Waals surface area contributed by atoms with Crippen LogP contribution < -0.4 is 5.32 Å². The molecule has 1 rings (SSSR count). The number of nitrogens with one attached hydrogen (secondary N) is 1. The van der Waals surface area contributed by atoms with Gasteiger partial charge in [0.1, 0.15) is 6.61 Å². The van der Waals surface area contributed by atoms with Gasteiger partial charge in [-0.25, -0.2) is 0 Å². The van der Waals surface area contributed by atoms with Gasteiger partial charge in [0.2, 0.25) is 0 Å². The zero-order valence-corrected chi connectivity index (χ0v) is 12.3. The molecule has 106 valence electrons. The van der Waals surface area contributed by atoms with Gasteiger partial charge in [0.05, 0.1) is 0 Å². The van der Waals surface area contributed by atoms with Crippen molar-refractivity contribution < 1.29 is 9.53 Å². The summed E-state index contributed by atoms with van der Waals surface area (Å²) in [7, 11) is 0. The zero-order valence-electron chi connectivity index (χ0n) is 12.3. The van der Waals surface area contributed by atoms with E-state index in [0.717, 1.165) is 13.0 Å². The predicted molar refractivity (Wildman–Crippen MR) is 74.5 cm³/mol. The summed E-state index contributed by atoms with van der Waals surface area (Å²) in [5, 5.41) is 3.39. The maximum absolute atomic E-state index is 11.8. The van der Waals surface area contributed by atoms with Crippen molar-refractivity contribution in [1.29, 1.82) is 0 Å². The molecule has 1 saturated carbocycles. The van der Waals surface area contributed by atoms with Crippen LogP contribution in [0.25, 0.3) is 0 Å². The summed E-state index contributed by atoms with van der Waals surface area (Å²) in [6, 6.07) is 0. The third-order valence-corrected chi connectivity index (χ3v) is 3.63. The van der Waals surface area contributed by atoms with Crippen LogP contribution in [-0.2, 0) is 9.53 Å². The van der Waals surface area contributed by atoms with E-state index in [1.165, 1.54) is 32.1 Å². The van der Waals surface area contributed by atoms with Crippen LogP contribution in [0.4, 0.5) is 0 Å². The molecule has 0 aromatic carbocycles. The topological polar surface area (TPSA) is 38.3 Å². The average Bonchev–Trinajstić information content (AvgIpc) is 2.36. The molecule has 3 heteroatoms. The quantitative estimate of drug-likeness (QED) is 0.709. The number of carbonyl (C=O) groups excluding carboxylic acids is 1. The number of esters is 1. The molecule has 3 nitrogen and oxygen atoms in total. The summed E-state index contributed by atoms with van der Waals surface area (Å²) in [5.41, 5.74) is -0.113. The van der Waals surface area contributed by atoms with E-state index in [2.05, 4.69) is 26.1 Å². The first kappa shape index (κ1) is 15.5. The van der Waals surface area contributed by atoms with E-state index in [1.54, 1.807) is 0 Å².